The fraction of sp³-hybridized carbons (Fsp3) is 0.889. The lowest BCUT2D eigenvalue weighted by Crippen LogP contribution is -2.62. The summed E-state index contributed by atoms with van der Waals surface area (Å²) in [6, 6.07) is 1.13. The van der Waals surface area contributed by atoms with Gasteiger partial charge in [0.05, 0.1) is 0 Å². The van der Waals surface area contributed by atoms with Crippen LogP contribution in [0.2, 0.25) is 0 Å². The van der Waals surface area contributed by atoms with Crippen molar-refractivity contribution in [3.8, 4) is 0 Å². The van der Waals surface area contributed by atoms with Gasteiger partial charge < -0.3 is 10.2 Å². The zero-order valence-corrected chi connectivity index (χ0v) is 7.92. The molecule has 0 aromatic carbocycles. The summed E-state index contributed by atoms with van der Waals surface area (Å²) in [4.78, 5) is 12.4. The minimum Gasteiger partial charge on any atom is -0.339 e. The number of hydrogen-bond donors (Lipinski definition) is 1. The van der Waals surface area contributed by atoms with Crippen molar-refractivity contribution in [3.05, 3.63) is 0 Å². The predicted molar refractivity (Wildman–Crippen MR) is 48.9 cm³/mol. The highest BCUT2D eigenvalue weighted by molar-refractivity contribution is 5.48. The average Bonchev–Trinajstić information content (AvgIpc) is 2.10. The minimum absolute atomic E-state index is 0.520. The molecule has 3 nitrogen and oxygen atoms in total. The van der Waals surface area contributed by atoms with Gasteiger partial charge in [-0.05, 0) is 12.8 Å². The molecule has 1 aliphatic heterocycles. The first kappa shape index (κ1) is 9.52. The van der Waals surface area contributed by atoms with E-state index in [4.69, 9.17) is 0 Å². The van der Waals surface area contributed by atoms with Crippen molar-refractivity contribution in [2.45, 2.75) is 38.8 Å². The smallest absolute Gasteiger partial charge is 0.210 e. The maximum atomic E-state index is 10.4. The molecule has 0 spiro atoms. The van der Waals surface area contributed by atoms with E-state index in [0.717, 1.165) is 19.5 Å². The van der Waals surface area contributed by atoms with Crippen molar-refractivity contribution in [1.29, 1.82) is 0 Å². The van der Waals surface area contributed by atoms with Crippen LogP contribution in [-0.4, -0.2) is 36.5 Å². The van der Waals surface area contributed by atoms with Crippen molar-refractivity contribution in [2.75, 3.05) is 13.1 Å². The first-order valence-electron chi connectivity index (χ1n) is 4.86. The summed E-state index contributed by atoms with van der Waals surface area (Å²) in [6.07, 6.45) is 3.42. The highest BCUT2D eigenvalue weighted by atomic mass is 16.1. The van der Waals surface area contributed by atoms with Crippen molar-refractivity contribution in [1.82, 2.24) is 10.2 Å². The average molecular weight is 170 g/mol. The molecule has 0 bridgehead atoms. The Hall–Kier alpha value is -0.570. The standard InChI is InChI=1S/C7H12N2O.C2H6/c10-5-9-4-3-8-6-1-2-7(6)9;1-2/h5-8H,1-4H2;1-2H3/t6?,7-;/m0./s1. The quantitative estimate of drug-likeness (QED) is 0.585. The van der Waals surface area contributed by atoms with Crippen LogP contribution in [0.1, 0.15) is 26.7 Å². The van der Waals surface area contributed by atoms with Crippen molar-refractivity contribution >= 4 is 6.41 Å². The number of carbonyl (C=O) groups excluding carboxylic acids is 1. The highest BCUT2D eigenvalue weighted by Gasteiger charge is 2.37. The molecule has 1 amide bonds. The molecule has 2 fully saturated rings. The zero-order valence-electron chi connectivity index (χ0n) is 7.92. The minimum atomic E-state index is 0.520. The molecule has 1 N–H and O–H groups in total. The van der Waals surface area contributed by atoms with E-state index in [9.17, 15) is 4.79 Å². The van der Waals surface area contributed by atoms with Gasteiger partial charge in [0.25, 0.3) is 0 Å². The summed E-state index contributed by atoms with van der Waals surface area (Å²) in [5.41, 5.74) is 0. The Morgan fingerprint density at radius 2 is 2.17 bits per heavy atom. The van der Waals surface area contributed by atoms with Crippen LogP contribution in [0.5, 0.6) is 0 Å². The second-order valence-corrected chi connectivity index (χ2v) is 3.05. The lowest BCUT2D eigenvalue weighted by Gasteiger charge is -2.47. The Kier molecular flexibility index (Phi) is 3.53. The molecule has 1 unspecified atom stereocenters. The monoisotopic (exact) mass is 170 g/mol. The SMILES string of the molecule is CC.O=CN1CCNC2CC[C@@H]21. The topological polar surface area (TPSA) is 32.3 Å². The molecule has 1 saturated heterocycles. The maximum Gasteiger partial charge on any atom is 0.210 e. The van der Waals surface area contributed by atoms with E-state index in [1.165, 1.54) is 12.8 Å². The Morgan fingerprint density at radius 3 is 2.58 bits per heavy atom. The normalized spacial score (nSPS) is 32.3. The van der Waals surface area contributed by atoms with Crippen molar-refractivity contribution in [3.63, 3.8) is 0 Å². The van der Waals surface area contributed by atoms with Crippen LogP contribution >= 0.6 is 0 Å². The number of amides is 1. The van der Waals surface area contributed by atoms with Crippen LogP contribution < -0.4 is 5.32 Å². The fourth-order valence-corrected chi connectivity index (χ4v) is 1.79. The fourth-order valence-electron chi connectivity index (χ4n) is 1.79. The Balaban J connectivity index is 0.000000336. The number of nitrogens with zero attached hydrogens (tertiary/aromatic N) is 1. The van der Waals surface area contributed by atoms with Crippen LogP contribution in [0.3, 0.4) is 0 Å². The molecule has 2 aliphatic rings. The molecule has 0 aromatic heterocycles. The number of fused-ring (bicyclic) bond motifs is 1. The number of carbonyl (C=O) groups is 1. The first-order chi connectivity index (χ1) is 5.92. The third kappa shape index (κ3) is 1.61. The van der Waals surface area contributed by atoms with Crippen LogP contribution in [0, 0.1) is 0 Å². The van der Waals surface area contributed by atoms with Gasteiger partial charge in [-0.1, -0.05) is 13.8 Å². The van der Waals surface area contributed by atoms with E-state index < -0.39 is 0 Å². The molecule has 1 aliphatic carbocycles. The highest BCUT2D eigenvalue weighted by Crippen LogP contribution is 2.26. The van der Waals surface area contributed by atoms with Gasteiger partial charge in [-0.25, -0.2) is 0 Å². The van der Waals surface area contributed by atoms with Crippen LogP contribution in [-0.2, 0) is 4.79 Å². The summed E-state index contributed by atoms with van der Waals surface area (Å²) in [6.45, 7) is 5.87. The van der Waals surface area contributed by atoms with E-state index in [1.54, 1.807) is 0 Å². The van der Waals surface area contributed by atoms with Crippen LogP contribution in [0.15, 0.2) is 0 Å². The summed E-state index contributed by atoms with van der Waals surface area (Å²) >= 11 is 0. The molecule has 70 valence electrons. The van der Waals surface area contributed by atoms with Crippen molar-refractivity contribution < 1.29 is 4.79 Å². The molecule has 12 heavy (non-hydrogen) atoms. The summed E-state index contributed by atoms with van der Waals surface area (Å²) in [5, 5.41) is 3.38. The number of hydrogen-bond acceptors (Lipinski definition) is 2. The third-order valence-corrected chi connectivity index (χ3v) is 2.58. The second-order valence-electron chi connectivity index (χ2n) is 3.05. The third-order valence-electron chi connectivity index (χ3n) is 2.58. The van der Waals surface area contributed by atoms with Gasteiger partial charge in [0.15, 0.2) is 0 Å². The number of rotatable bonds is 1. The summed E-state index contributed by atoms with van der Waals surface area (Å²) in [7, 11) is 0. The van der Waals surface area contributed by atoms with Crippen LogP contribution in [0.25, 0.3) is 0 Å². The van der Waals surface area contributed by atoms with E-state index in [0.29, 0.717) is 12.1 Å². The Morgan fingerprint density at radius 1 is 1.42 bits per heavy atom. The van der Waals surface area contributed by atoms with E-state index >= 15 is 0 Å². The molecule has 3 heteroatoms. The van der Waals surface area contributed by atoms with E-state index in [2.05, 4.69) is 5.32 Å². The van der Waals surface area contributed by atoms with Gasteiger partial charge in [-0.3, -0.25) is 4.79 Å². The summed E-state index contributed by atoms with van der Waals surface area (Å²) in [5.74, 6) is 0. The first-order valence-corrected chi connectivity index (χ1v) is 4.86. The van der Waals surface area contributed by atoms with Crippen molar-refractivity contribution in [2.24, 2.45) is 0 Å². The van der Waals surface area contributed by atoms with Gasteiger partial charge in [-0.15, -0.1) is 0 Å². The maximum absolute atomic E-state index is 10.4. The van der Waals surface area contributed by atoms with E-state index in [1.807, 2.05) is 18.7 Å². The predicted octanol–water partition coefficient (Wildman–Crippen LogP) is 0.605. The zero-order chi connectivity index (χ0) is 8.97. The summed E-state index contributed by atoms with van der Waals surface area (Å²) < 4.78 is 0. The molecule has 2 atom stereocenters. The molecule has 0 aromatic rings. The molecule has 1 heterocycles. The molecule has 2 rings (SSSR count). The largest absolute Gasteiger partial charge is 0.339 e. The van der Waals surface area contributed by atoms with Gasteiger partial charge in [-0.2, -0.15) is 0 Å². The van der Waals surface area contributed by atoms with Gasteiger partial charge in [0, 0.05) is 25.2 Å². The van der Waals surface area contributed by atoms with Gasteiger partial charge in [0.2, 0.25) is 6.41 Å². The number of nitrogens with one attached hydrogen (secondary N) is 1. The van der Waals surface area contributed by atoms with Gasteiger partial charge in [0.1, 0.15) is 0 Å². The van der Waals surface area contributed by atoms with E-state index in [-0.39, 0.29) is 0 Å². The van der Waals surface area contributed by atoms with Gasteiger partial charge >= 0.3 is 0 Å². The lowest BCUT2D eigenvalue weighted by molar-refractivity contribution is -0.124. The Bertz CT molecular complexity index is 149. The second kappa shape index (κ2) is 4.45. The molecular formula is C9H18N2O. The number of piperazine rings is 1. The lowest BCUT2D eigenvalue weighted by atomic mass is 9.84. The van der Waals surface area contributed by atoms with Crippen LogP contribution in [0.4, 0.5) is 0 Å². The molecule has 0 radical (unpaired) electrons. The molecular weight excluding hydrogens is 152 g/mol. The Labute approximate surface area is 74.1 Å². The molecule has 1 saturated carbocycles.